The molecular weight excluding hydrogens is 164 g/mol. The molecule has 0 aromatic rings. The minimum absolute atomic E-state index is 0.0926. The molecule has 6 nitrogen and oxygen atoms in total. The number of nitro groups is 2. The highest BCUT2D eigenvalue weighted by Gasteiger charge is 2.57. The average molecular weight is 176 g/mol. The summed E-state index contributed by atoms with van der Waals surface area (Å²) in [5, 5.41) is 21.0. The van der Waals surface area contributed by atoms with E-state index >= 15 is 0 Å². The highest BCUT2D eigenvalue weighted by Crippen LogP contribution is 2.25. The van der Waals surface area contributed by atoms with Gasteiger partial charge < -0.3 is 0 Å². The van der Waals surface area contributed by atoms with Gasteiger partial charge in [0.2, 0.25) is 0 Å². The van der Waals surface area contributed by atoms with Gasteiger partial charge in [-0.25, -0.2) is 0 Å². The van der Waals surface area contributed by atoms with E-state index in [-0.39, 0.29) is 6.42 Å². The van der Waals surface area contributed by atoms with E-state index in [0.29, 0.717) is 0 Å². The van der Waals surface area contributed by atoms with E-state index in [1.54, 1.807) is 0 Å². The van der Waals surface area contributed by atoms with Crippen molar-refractivity contribution in [3.05, 3.63) is 20.2 Å². The molecule has 0 aliphatic heterocycles. The zero-order valence-electron chi connectivity index (χ0n) is 7.31. The molecule has 0 aromatic heterocycles. The Kier molecular flexibility index (Phi) is 3.12. The van der Waals surface area contributed by atoms with Gasteiger partial charge in [0, 0.05) is 0 Å². The summed E-state index contributed by atoms with van der Waals surface area (Å²) < 4.78 is 0. The standard InChI is InChI=1S/C6H12N2O4/c1-4-6(5(2)3,7(9)10)8(11)12/h5H,4H2,1-3H3. The largest absolute Gasteiger partial charge is 0.460 e. The predicted octanol–water partition coefficient (Wildman–Crippen LogP) is 1.30. The van der Waals surface area contributed by atoms with Crippen LogP contribution in [-0.2, 0) is 0 Å². The molecule has 0 heterocycles. The van der Waals surface area contributed by atoms with E-state index in [9.17, 15) is 20.2 Å². The minimum Gasteiger partial charge on any atom is -0.258 e. The Morgan fingerprint density at radius 1 is 1.25 bits per heavy atom. The Labute approximate surface area is 69.9 Å². The van der Waals surface area contributed by atoms with E-state index in [1.807, 2.05) is 0 Å². The predicted molar refractivity (Wildman–Crippen MR) is 41.8 cm³/mol. The van der Waals surface area contributed by atoms with Gasteiger partial charge >= 0.3 is 5.66 Å². The lowest BCUT2D eigenvalue weighted by molar-refractivity contribution is -0.806. The molecule has 0 saturated carbocycles. The van der Waals surface area contributed by atoms with Gasteiger partial charge in [0.05, 0.1) is 22.2 Å². The first-order valence-corrected chi connectivity index (χ1v) is 3.68. The van der Waals surface area contributed by atoms with Crippen molar-refractivity contribution in [3.63, 3.8) is 0 Å². The first-order chi connectivity index (χ1) is 5.39. The molecule has 6 heteroatoms. The van der Waals surface area contributed by atoms with Crippen molar-refractivity contribution in [1.82, 2.24) is 0 Å². The maximum Gasteiger partial charge on any atom is 0.460 e. The number of hydrogen-bond acceptors (Lipinski definition) is 4. The summed E-state index contributed by atoms with van der Waals surface area (Å²) in [5.41, 5.74) is -2.01. The van der Waals surface area contributed by atoms with Gasteiger partial charge in [-0.1, -0.05) is 6.92 Å². The monoisotopic (exact) mass is 176 g/mol. The maximum atomic E-state index is 10.5. The zero-order valence-corrected chi connectivity index (χ0v) is 7.31. The fourth-order valence-corrected chi connectivity index (χ4v) is 1.15. The van der Waals surface area contributed by atoms with Crippen LogP contribution in [0.4, 0.5) is 0 Å². The van der Waals surface area contributed by atoms with Crippen molar-refractivity contribution >= 4 is 0 Å². The van der Waals surface area contributed by atoms with Gasteiger partial charge in [0.1, 0.15) is 0 Å². The zero-order chi connectivity index (χ0) is 9.94. The quantitative estimate of drug-likeness (QED) is 0.367. The molecule has 0 spiro atoms. The third kappa shape index (κ3) is 1.37. The van der Waals surface area contributed by atoms with Crippen molar-refractivity contribution in [3.8, 4) is 0 Å². The first kappa shape index (κ1) is 10.8. The summed E-state index contributed by atoms with van der Waals surface area (Å²) in [7, 11) is 0. The van der Waals surface area contributed by atoms with Crippen LogP contribution in [0.2, 0.25) is 0 Å². The van der Waals surface area contributed by atoms with E-state index in [0.717, 1.165) is 0 Å². The number of hydrogen-bond donors (Lipinski definition) is 0. The van der Waals surface area contributed by atoms with Gasteiger partial charge in [-0.3, -0.25) is 20.2 Å². The van der Waals surface area contributed by atoms with Crippen molar-refractivity contribution in [2.45, 2.75) is 32.9 Å². The Balaban J connectivity index is 5.04. The smallest absolute Gasteiger partial charge is 0.258 e. The molecule has 0 bridgehead atoms. The summed E-state index contributed by atoms with van der Waals surface area (Å²) in [6.45, 7) is 4.41. The van der Waals surface area contributed by atoms with E-state index in [2.05, 4.69) is 0 Å². The van der Waals surface area contributed by atoms with Crippen molar-refractivity contribution in [2.24, 2.45) is 5.92 Å². The molecule has 0 unspecified atom stereocenters. The van der Waals surface area contributed by atoms with Crippen molar-refractivity contribution in [1.29, 1.82) is 0 Å². The number of rotatable bonds is 4. The summed E-state index contributed by atoms with van der Waals surface area (Å²) in [6, 6.07) is 0. The fourth-order valence-electron chi connectivity index (χ4n) is 1.15. The Bertz CT molecular complexity index is 188. The molecule has 0 fully saturated rings. The third-order valence-electron chi connectivity index (χ3n) is 2.08. The van der Waals surface area contributed by atoms with Crippen LogP contribution in [-0.4, -0.2) is 15.5 Å². The lowest BCUT2D eigenvalue weighted by Gasteiger charge is -2.18. The molecule has 0 aromatic carbocycles. The topological polar surface area (TPSA) is 86.3 Å². The summed E-state index contributed by atoms with van der Waals surface area (Å²) in [4.78, 5) is 19.4. The molecule has 0 radical (unpaired) electrons. The first-order valence-electron chi connectivity index (χ1n) is 3.68. The molecule has 0 atom stereocenters. The molecule has 0 aliphatic carbocycles. The maximum absolute atomic E-state index is 10.5. The van der Waals surface area contributed by atoms with Gasteiger partial charge in [-0.15, -0.1) is 0 Å². The van der Waals surface area contributed by atoms with E-state index in [4.69, 9.17) is 0 Å². The molecular formula is C6H12N2O4. The fraction of sp³-hybridized carbons (Fsp3) is 1.00. The molecule has 0 aliphatic rings. The molecule has 0 saturated heterocycles. The lowest BCUT2D eigenvalue weighted by atomic mass is 9.95. The molecule has 12 heavy (non-hydrogen) atoms. The Morgan fingerprint density at radius 3 is 1.58 bits per heavy atom. The Hall–Kier alpha value is -1.20. The van der Waals surface area contributed by atoms with Crippen LogP contribution in [0, 0.1) is 26.1 Å². The third-order valence-corrected chi connectivity index (χ3v) is 2.08. The van der Waals surface area contributed by atoms with Crippen molar-refractivity contribution in [2.75, 3.05) is 0 Å². The molecule has 0 amide bonds. The second-order valence-electron chi connectivity index (χ2n) is 2.90. The summed E-state index contributed by atoms with van der Waals surface area (Å²) in [5.74, 6) is -0.604. The van der Waals surface area contributed by atoms with E-state index in [1.165, 1.54) is 20.8 Å². The van der Waals surface area contributed by atoms with Crippen LogP contribution in [0.15, 0.2) is 0 Å². The van der Waals surface area contributed by atoms with Crippen LogP contribution in [0.3, 0.4) is 0 Å². The molecule has 0 rings (SSSR count). The van der Waals surface area contributed by atoms with Crippen LogP contribution < -0.4 is 0 Å². The van der Waals surface area contributed by atoms with E-state index < -0.39 is 21.4 Å². The van der Waals surface area contributed by atoms with Gasteiger partial charge in [0.25, 0.3) is 0 Å². The second kappa shape index (κ2) is 3.46. The highest BCUT2D eigenvalue weighted by atomic mass is 16.7. The lowest BCUT2D eigenvalue weighted by Crippen LogP contribution is -2.50. The molecule has 0 N–H and O–H groups in total. The highest BCUT2D eigenvalue weighted by molar-refractivity contribution is 4.68. The van der Waals surface area contributed by atoms with Crippen molar-refractivity contribution < 1.29 is 9.85 Å². The van der Waals surface area contributed by atoms with Crippen LogP contribution in [0.5, 0.6) is 0 Å². The summed E-state index contributed by atoms with van der Waals surface area (Å²) in [6.07, 6.45) is -0.0926. The Morgan fingerprint density at radius 2 is 1.58 bits per heavy atom. The van der Waals surface area contributed by atoms with Gasteiger partial charge in [-0.2, -0.15) is 0 Å². The minimum atomic E-state index is -2.01. The van der Waals surface area contributed by atoms with Crippen LogP contribution in [0.25, 0.3) is 0 Å². The van der Waals surface area contributed by atoms with Crippen LogP contribution >= 0.6 is 0 Å². The van der Waals surface area contributed by atoms with Crippen LogP contribution in [0.1, 0.15) is 27.2 Å². The second-order valence-corrected chi connectivity index (χ2v) is 2.90. The van der Waals surface area contributed by atoms with Gasteiger partial charge in [-0.05, 0) is 13.8 Å². The SMILES string of the molecule is CCC(C(C)C)([N+](=O)[O-])[N+](=O)[O-]. The summed E-state index contributed by atoms with van der Waals surface area (Å²) >= 11 is 0. The van der Waals surface area contributed by atoms with Gasteiger partial charge in [0.15, 0.2) is 0 Å². The molecule has 70 valence electrons. The average Bonchev–Trinajstić information content (AvgIpc) is 1.86. The normalized spacial score (nSPS) is 11.7. The number of nitrogens with zero attached hydrogens (tertiary/aromatic N) is 2.